The first-order valence-corrected chi connectivity index (χ1v) is 7.98. The summed E-state index contributed by atoms with van der Waals surface area (Å²) in [6.45, 7) is 1.79. The van der Waals surface area contributed by atoms with E-state index >= 15 is 0 Å². The Morgan fingerprint density at radius 1 is 1.15 bits per heavy atom. The molecule has 3 rings (SSSR count). The fourth-order valence-electron chi connectivity index (χ4n) is 3.51. The van der Waals surface area contributed by atoms with Gasteiger partial charge in [0.2, 0.25) is 5.78 Å². The summed E-state index contributed by atoms with van der Waals surface area (Å²) in [6, 6.07) is 11.8. The van der Waals surface area contributed by atoms with Crippen LogP contribution in [0.5, 0.6) is 5.75 Å². The molecule has 0 saturated heterocycles. The molecule has 1 aliphatic rings. The average molecular weight is 361 g/mol. The van der Waals surface area contributed by atoms with Crippen molar-refractivity contribution in [2.45, 2.75) is 30.7 Å². The number of aryl methyl sites for hydroxylation is 1. The maximum Gasteiger partial charge on any atom is 0.300 e. The molecule has 1 fully saturated rings. The van der Waals surface area contributed by atoms with Gasteiger partial charge in [-0.05, 0) is 36.8 Å². The molecule has 2 aromatic rings. The largest absolute Gasteiger partial charge is 0.497 e. The number of carbonyl (C=O) groups is 1. The van der Waals surface area contributed by atoms with Crippen LogP contribution in [-0.4, -0.2) is 29.8 Å². The summed E-state index contributed by atoms with van der Waals surface area (Å²) in [5.41, 5.74) is -3.53. The lowest BCUT2D eigenvalue weighted by Gasteiger charge is -2.19. The number of hydrogen-bond acceptors (Lipinski definition) is 4. The maximum absolute atomic E-state index is 14.0. The lowest BCUT2D eigenvalue weighted by Crippen LogP contribution is -2.43. The Morgan fingerprint density at radius 2 is 1.73 bits per heavy atom. The Kier molecular flexibility index (Phi) is 4.26. The summed E-state index contributed by atoms with van der Waals surface area (Å²) in [4.78, 5) is 23.9. The Morgan fingerprint density at radius 3 is 2.19 bits per heavy atom. The minimum atomic E-state index is -3.04. The van der Waals surface area contributed by atoms with Gasteiger partial charge in [0.05, 0.1) is 7.11 Å². The van der Waals surface area contributed by atoms with Gasteiger partial charge < -0.3 is 4.74 Å². The van der Waals surface area contributed by atoms with Crippen LogP contribution in [0.3, 0.4) is 0 Å². The van der Waals surface area contributed by atoms with Crippen LogP contribution in [0.2, 0.25) is 0 Å². The van der Waals surface area contributed by atoms with Gasteiger partial charge in [0.15, 0.2) is 0 Å². The molecule has 0 bridgehead atoms. The van der Waals surface area contributed by atoms with Gasteiger partial charge in [-0.2, -0.15) is 0 Å². The standard InChI is InChI=1S/C19H17F2NO4/c1-12-3-7-14(8-4-12)18(17(20)21)11-19(18,22(24)25)16(23)13-5-9-15(26-2)10-6-13/h3-10,17H,11H2,1-2H3/t18-,19+/m0/s1. The highest BCUT2D eigenvalue weighted by atomic mass is 19.3. The number of nitro groups is 1. The number of alkyl halides is 2. The van der Waals surface area contributed by atoms with E-state index < -0.39 is 34.5 Å². The predicted molar refractivity (Wildman–Crippen MR) is 90.5 cm³/mol. The van der Waals surface area contributed by atoms with Gasteiger partial charge in [-0.25, -0.2) is 8.78 Å². The second-order valence-corrected chi connectivity index (χ2v) is 6.49. The van der Waals surface area contributed by atoms with Crippen LogP contribution in [0, 0.1) is 17.0 Å². The van der Waals surface area contributed by atoms with E-state index in [9.17, 15) is 23.7 Å². The number of carbonyl (C=O) groups excluding carboxylic acids is 1. The van der Waals surface area contributed by atoms with Crippen LogP contribution in [0.15, 0.2) is 48.5 Å². The number of hydrogen-bond donors (Lipinski definition) is 0. The highest BCUT2D eigenvalue weighted by Gasteiger charge is 2.87. The van der Waals surface area contributed by atoms with Crippen molar-refractivity contribution in [1.29, 1.82) is 0 Å². The fraction of sp³-hybridized carbons (Fsp3) is 0.316. The molecule has 136 valence electrons. The van der Waals surface area contributed by atoms with Crippen LogP contribution < -0.4 is 4.74 Å². The number of halogens is 2. The monoisotopic (exact) mass is 361 g/mol. The third kappa shape index (κ3) is 2.38. The number of Topliss-reactive ketones (excluding diaryl/α,β-unsaturated/α-hetero) is 1. The third-order valence-corrected chi connectivity index (χ3v) is 5.13. The van der Waals surface area contributed by atoms with E-state index in [4.69, 9.17) is 4.74 Å². The quantitative estimate of drug-likeness (QED) is 0.446. The van der Waals surface area contributed by atoms with Crippen molar-refractivity contribution < 1.29 is 23.2 Å². The normalized spacial score (nSPS) is 24.3. The van der Waals surface area contributed by atoms with E-state index in [1.165, 1.54) is 43.5 Å². The molecule has 0 aliphatic heterocycles. The summed E-state index contributed by atoms with van der Waals surface area (Å²) in [5.74, 6) is -0.447. The number of ketones is 1. The number of nitrogens with zero attached hydrogens (tertiary/aromatic N) is 1. The zero-order valence-electron chi connectivity index (χ0n) is 14.2. The van der Waals surface area contributed by atoms with Crippen LogP contribution in [0.25, 0.3) is 0 Å². The van der Waals surface area contributed by atoms with Crippen molar-refractivity contribution in [2.24, 2.45) is 0 Å². The lowest BCUT2D eigenvalue weighted by molar-refractivity contribution is -0.526. The number of ether oxygens (including phenoxy) is 1. The second-order valence-electron chi connectivity index (χ2n) is 6.49. The highest BCUT2D eigenvalue weighted by molar-refractivity contribution is 6.06. The molecule has 5 nitrogen and oxygen atoms in total. The van der Waals surface area contributed by atoms with E-state index in [1.54, 1.807) is 19.1 Å². The molecule has 7 heteroatoms. The van der Waals surface area contributed by atoms with Gasteiger partial charge in [-0.1, -0.05) is 29.8 Å². The Labute approximate surface area is 148 Å². The van der Waals surface area contributed by atoms with Crippen molar-refractivity contribution in [3.8, 4) is 5.75 Å². The SMILES string of the molecule is COc1ccc(C(=O)[C@]2([N+](=O)[O-])C[C@]2(c2ccc(C)cc2)C(F)F)cc1. The second kappa shape index (κ2) is 6.16. The van der Waals surface area contributed by atoms with Crippen molar-refractivity contribution in [3.05, 3.63) is 75.3 Å². The summed E-state index contributed by atoms with van der Waals surface area (Å²) in [5, 5.41) is 11.8. The topological polar surface area (TPSA) is 69.4 Å². The molecule has 0 radical (unpaired) electrons. The van der Waals surface area contributed by atoms with E-state index in [0.717, 1.165) is 5.56 Å². The summed E-state index contributed by atoms with van der Waals surface area (Å²) in [7, 11) is 1.44. The van der Waals surface area contributed by atoms with Gasteiger partial charge in [0, 0.05) is 16.9 Å². The van der Waals surface area contributed by atoms with Gasteiger partial charge >= 0.3 is 0 Å². The van der Waals surface area contributed by atoms with Gasteiger partial charge in [0.1, 0.15) is 11.2 Å². The van der Waals surface area contributed by atoms with Gasteiger partial charge in [0.25, 0.3) is 12.0 Å². The summed E-state index contributed by atoms with van der Waals surface area (Å²) < 4.78 is 33.1. The molecule has 0 unspecified atom stereocenters. The molecule has 2 atom stereocenters. The first-order valence-electron chi connectivity index (χ1n) is 7.98. The molecule has 0 spiro atoms. The summed E-state index contributed by atoms with van der Waals surface area (Å²) >= 11 is 0. The Bertz CT molecular complexity index is 851. The van der Waals surface area contributed by atoms with E-state index in [0.29, 0.717) is 5.75 Å². The smallest absolute Gasteiger partial charge is 0.300 e. The number of methoxy groups -OCH3 is 1. The van der Waals surface area contributed by atoms with Crippen LogP contribution >= 0.6 is 0 Å². The molecule has 0 N–H and O–H groups in total. The van der Waals surface area contributed by atoms with E-state index in [2.05, 4.69) is 0 Å². The molecule has 1 saturated carbocycles. The molecular formula is C19H17F2NO4. The fourth-order valence-corrected chi connectivity index (χ4v) is 3.51. The zero-order valence-corrected chi connectivity index (χ0v) is 14.2. The Hall–Kier alpha value is -2.83. The predicted octanol–water partition coefficient (Wildman–Crippen LogP) is 3.81. The molecule has 2 aromatic carbocycles. The third-order valence-electron chi connectivity index (χ3n) is 5.13. The summed E-state index contributed by atoms with van der Waals surface area (Å²) in [6.07, 6.45) is -3.57. The molecule has 26 heavy (non-hydrogen) atoms. The van der Waals surface area contributed by atoms with E-state index in [1.807, 2.05) is 0 Å². The average Bonchev–Trinajstić information content (AvgIpc) is 3.35. The van der Waals surface area contributed by atoms with Crippen molar-refractivity contribution in [2.75, 3.05) is 7.11 Å². The molecule has 0 heterocycles. The zero-order chi connectivity index (χ0) is 19.1. The van der Waals surface area contributed by atoms with Crippen LogP contribution in [0.1, 0.15) is 27.9 Å². The van der Waals surface area contributed by atoms with Crippen molar-refractivity contribution in [3.63, 3.8) is 0 Å². The minimum Gasteiger partial charge on any atom is -0.497 e. The van der Waals surface area contributed by atoms with Gasteiger partial charge in [-0.3, -0.25) is 14.9 Å². The maximum atomic E-state index is 14.0. The first kappa shape index (κ1) is 18.0. The highest BCUT2D eigenvalue weighted by Crippen LogP contribution is 2.64. The van der Waals surface area contributed by atoms with Crippen molar-refractivity contribution >= 4 is 5.78 Å². The molecule has 0 amide bonds. The van der Waals surface area contributed by atoms with E-state index in [-0.39, 0.29) is 11.1 Å². The van der Waals surface area contributed by atoms with Gasteiger partial charge in [-0.15, -0.1) is 0 Å². The molecule has 1 aliphatic carbocycles. The lowest BCUT2D eigenvalue weighted by atomic mass is 9.86. The van der Waals surface area contributed by atoms with Crippen molar-refractivity contribution in [1.82, 2.24) is 0 Å². The molecular weight excluding hydrogens is 344 g/mol. The number of rotatable bonds is 6. The van der Waals surface area contributed by atoms with Crippen LogP contribution in [0.4, 0.5) is 8.78 Å². The molecule has 0 aromatic heterocycles. The first-order chi connectivity index (χ1) is 12.3. The number of benzene rings is 2. The minimum absolute atomic E-state index is 0.0112. The Balaban J connectivity index is 2.09. The van der Waals surface area contributed by atoms with Crippen LogP contribution in [-0.2, 0) is 5.41 Å².